The maximum atomic E-state index is 14.0. The van der Waals surface area contributed by atoms with Crippen LogP contribution in [0.2, 0.25) is 0 Å². The Bertz CT molecular complexity index is 252. The average Bonchev–Trinajstić information content (AvgIpc) is 2.32. The fourth-order valence-electron chi connectivity index (χ4n) is 3.64. The molecular formula is C12H21F2N. The van der Waals surface area contributed by atoms with Gasteiger partial charge in [0.05, 0.1) is 0 Å². The van der Waals surface area contributed by atoms with E-state index in [9.17, 15) is 8.78 Å². The van der Waals surface area contributed by atoms with Crippen LogP contribution in [-0.2, 0) is 0 Å². The molecule has 0 aromatic carbocycles. The predicted molar refractivity (Wildman–Crippen MR) is 57.4 cm³/mol. The van der Waals surface area contributed by atoms with E-state index >= 15 is 0 Å². The van der Waals surface area contributed by atoms with E-state index in [-0.39, 0.29) is 5.54 Å². The van der Waals surface area contributed by atoms with E-state index in [1.165, 1.54) is 0 Å². The van der Waals surface area contributed by atoms with Crippen LogP contribution in [0.5, 0.6) is 0 Å². The van der Waals surface area contributed by atoms with Crippen molar-refractivity contribution in [1.29, 1.82) is 0 Å². The molecule has 0 aromatic rings. The van der Waals surface area contributed by atoms with Crippen LogP contribution in [0.4, 0.5) is 8.78 Å². The molecule has 1 nitrogen and oxygen atoms in total. The molecule has 2 aliphatic rings. The second kappa shape index (κ2) is 3.41. The number of fused-ring (bicyclic) bond motifs is 1. The van der Waals surface area contributed by atoms with Gasteiger partial charge in [0.2, 0.25) is 0 Å². The summed E-state index contributed by atoms with van der Waals surface area (Å²) in [5.74, 6) is 0.506. The van der Waals surface area contributed by atoms with Crippen LogP contribution in [0.1, 0.15) is 40.0 Å². The summed E-state index contributed by atoms with van der Waals surface area (Å²) in [6.45, 7) is 6.77. The van der Waals surface area contributed by atoms with Crippen LogP contribution in [-0.4, -0.2) is 35.4 Å². The number of nitrogens with zero attached hydrogens (tertiary/aromatic N) is 1. The van der Waals surface area contributed by atoms with Gasteiger partial charge < -0.3 is 0 Å². The highest BCUT2D eigenvalue weighted by molar-refractivity contribution is 5.10. The Morgan fingerprint density at radius 3 is 2.73 bits per heavy atom. The van der Waals surface area contributed by atoms with E-state index in [1.54, 1.807) is 6.92 Å². The monoisotopic (exact) mass is 217 g/mol. The van der Waals surface area contributed by atoms with Crippen LogP contribution in [0.25, 0.3) is 0 Å². The van der Waals surface area contributed by atoms with Gasteiger partial charge in [-0.2, -0.15) is 0 Å². The normalized spacial score (nSPS) is 46.4. The van der Waals surface area contributed by atoms with Crippen molar-refractivity contribution in [2.24, 2.45) is 5.92 Å². The fourth-order valence-corrected chi connectivity index (χ4v) is 3.64. The van der Waals surface area contributed by atoms with Gasteiger partial charge in [-0.3, -0.25) is 4.90 Å². The summed E-state index contributed by atoms with van der Waals surface area (Å²) in [6, 6.07) is 0. The van der Waals surface area contributed by atoms with Crippen LogP contribution in [0.3, 0.4) is 0 Å². The van der Waals surface area contributed by atoms with Gasteiger partial charge >= 0.3 is 0 Å². The van der Waals surface area contributed by atoms with E-state index in [0.29, 0.717) is 31.8 Å². The Kier molecular flexibility index (Phi) is 2.57. The van der Waals surface area contributed by atoms with Crippen molar-refractivity contribution in [3.05, 3.63) is 0 Å². The molecule has 0 saturated carbocycles. The largest absolute Gasteiger partial charge is 0.291 e. The van der Waals surface area contributed by atoms with Crippen molar-refractivity contribution in [3.8, 4) is 0 Å². The summed E-state index contributed by atoms with van der Waals surface area (Å²) in [5, 5.41) is 0. The molecule has 2 rings (SSSR count). The quantitative estimate of drug-likeness (QED) is 0.687. The summed E-state index contributed by atoms with van der Waals surface area (Å²) < 4.78 is 27.4. The lowest BCUT2D eigenvalue weighted by atomic mass is 9.82. The van der Waals surface area contributed by atoms with E-state index < -0.39 is 11.8 Å². The fraction of sp³-hybridized carbons (Fsp3) is 1.00. The van der Waals surface area contributed by atoms with Gasteiger partial charge in [-0.15, -0.1) is 0 Å². The molecule has 3 atom stereocenters. The highest BCUT2D eigenvalue weighted by Gasteiger charge is 2.56. The smallest absolute Gasteiger partial charge is 0.122 e. The van der Waals surface area contributed by atoms with Crippen LogP contribution >= 0.6 is 0 Å². The third-order valence-electron chi connectivity index (χ3n) is 3.70. The molecule has 2 saturated heterocycles. The number of halogens is 2. The van der Waals surface area contributed by atoms with Crippen molar-refractivity contribution in [1.82, 2.24) is 4.90 Å². The molecule has 2 heterocycles. The first-order valence-corrected chi connectivity index (χ1v) is 5.91. The van der Waals surface area contributed by atoms with Gasteiger partial charge in [-0.1, -0.05) is 13.8 Å². The van der Waals surface area contributed by atoms with Gasteiger partial charge in [0.15, 0.2) is 0 Å². The molecule has 0 aromatic heterocycles. The molecule has 0 spiro atoms. The van der Waals surface area contributed by atoms with Gasteiger partial charge in [0.25, 0.3) is 0 Å². The topological polar surface area (TPSA) is 3.24 Å². The molecule has 3 heteroatoms. The number of rotatable bonds is 2. The Hall–Kier alpha value is -0.180. The van der Waals surface area contributed by atoms with Gasteiger partial charge in [-0.25, -0.2) is 8.78 Å². The third kappa shape index (κ3) is 2.03. The van der Waals surface area contributed by atoms with Crippen LogP contribution < -0.4 is 0 Å². The van der Waals surface area contributed by atoms with Crippen LogP contribution in [0, 0.1) is 5.92 Å². The number of alkyl halides is 2. The zero-order chi connectivity index (χ0) is 11.3. The molecule has 15 heavy (non-hydrogen) atoms. The van der Waals surface area contributed by atoms with Crippen molar-refractivity contribution in [2.45, 2.75) is 57.4 Å². The first-order chi connectivity index (χ1) is 6.83. The minimum atomic E-state index is -1.12. The number of hydrogen-bond acceptors (Lipinski definition) is 1. The summed E-state index contributed by atoms with van der Waals surface area (Å²) in [7, 11) is 0. The van der Waals surface area contributed by atoms with Gasteiger partial charge in [-0.05, 0) is 25.7 Å². The van der Waals surface area contributed by atoms with E-state index in [2.05, 4.69) is 18.7 Å². The third-order valence-corrected chi connectivity index (χ3v) is 3.70. The molecule has 2 aliphatic heterocycles. The Balaban J connectivity index is 2.18. The first kappa shape index (κ1) is 11.3. The maximum absolute atomic E-state index is 14.0. The summed E-state index contributed by atoms with van der Waals surface area (Å²) in [5.41, 5.74) is -1.30. The van der Waals surface area contributed by atoms with Crippen molar-refractivity contribution >= 4 is 0 Å². The maximum Gasteiger partial charge on any atom is 0.122 e. The molecule has 0 bridgehead atoms. The molecule has 0 aliphatic carbocycles. The second-order valence-electron chi connectivity index (χ2n) is 6.09. The first-order valence-electron chi connectivity index (χ1n) is 5.91. The van der Waals surface area contributed by atoms with E-state index in [1.807, 2.05) is 0 Å². The molecule has 0 N–H and O–H groups in total. The zero-order valence-corrected chi connectivity index (χ0v) is 9.89. The SMILES string of the molecule is CC(C)C[C@]12CC(F)CN1CC(C)(F)C2. The standard InChI is InChI=1S/C12H21F2N/c1-9(2)4-12-5-10(13)6-15(12)8-11(3,14)7-12/h9-10H,4-8H2,1-3H3/t10?,11?,12-/m1/s1. The van der Waals surface area contributed by atoms with Crippen LogP contribution in [0.15, 0.2) is 0 Å². The van der Waals surface area contributed by atoms with E-state index in [4.69, 9.17) is 0 Å². The van der Waals surface area contributed by atoms with E-state index in [0.717, 1.165) is 6.42 Å². The highest BCUT2D eigenvalue weighted by Crippen LogP contribution is 2.48. The van der Waals surface area contributed by atoms with Gasteiger partial charge in [0.1, 0.15) is 11.8 Å². The Morgan fingerprint density at radius 1 is 1.47 bits per heavy atom. The molecular weight excluding hydrogens is 196 g/mol. The minimum absolute atomic E-state index is 0.183. The summed E-state index contributed by atoms with van der Waals surface area (Å²) in [6.07, 6.45) is 1.22. The summed E-state index contributed by atoms with van der Waals surface area (Å²) in [4.78, 5) is 2.05. The minimum Gasteiger partial charge on any atom is -0.291 e. The molecule has 0 amide bonds. The molecule has 2 fully saturated rings. The molecule has 88 valence electrons. The number of hydrogen-bond donors (Lipinski definition) is 0. The summed E-state index contributed by atoms with van der Waals surface area (Å²) >= 11 is 0. The lowest BCUT2D eigenvalue weighted by Gasteiger charge is -2.33. The lowest BCUT2D eigenvalue weighted by Crippen LogP contribution is -2.39. The second-order valence-corrected chi connectivity index (χ2v) is 6.09. The predicted octanol–water partition coefficient (Wildman–Crippen LogP) is 2.95. The van der Waals surface area contributed by atoms with Crippen molar-refractivity contribution < 1.29 is 8.78 Å². The Labute approximate surface area is 90.8 Å². The molecule has 2 unspecified atom stereocenters. The molecule has 0 radical (unpaired) electrons. The zero-order valence-electron chi connectivity index (χ0n) is 9.89. The lowest BCUT2D eigenvalue weighted by molar-refractivity contribution is 0.163. The Morgan fingerprint density at radius 2 is 2.13 bits per heavy atom. The average molecular weight is 217 g/mol. The van der Waals surface area contributed by atoms with Gasteiger partial charge in [0, 0.05) is 25.0 Å². The highest BCUT2D eigenvalue weighted by atomic mass is 19.1. The van der Waals surface area contributed by atoms with Crippen molar-refractivity contribution in [2.75, 3.05) is 13.1 Å². The van der Waals surface area contributed by atoms with Crippen molar-refractivity contribution in [3.63, 3.8) is 0 Å².